The summed E-state index contributed by atoms with van der Waals surface area (Å²) in [6.45, 7) is 0. The second kappa shape index (κ2) is 11.6. The summed E-state index contributed by atoms with van der Waals surface area (Å²) in [5.41, 5.74) is 18.6. The maximum absolute atomic E-state index is 5.85. The summed E-state index contributed by atoms with van der Waals surface area (Å²) in [4.78, 5) is 9.45. The standard InChI is InChI=1S/C26H30N4O2/c1-31-29-25(27)23-14-10-19(11-15-23)6-8-21-4-3-5-22(18-21)9-7-20-12-16-24(17-13-20)26(28)30-32-2/h3-5,10-18H,6-9H2,1-2H3,(H2,27,29)(H2,28,30). The molecule has 0 aliphatic carbocycles. The lowest BCUT2D eigenvalue weighted by atomic mass is 9.98. The summed E-state index contributed by atoms with van der Waals surface area (Å²) in [7, 11) is 2.97. The molecule has 0 amide bonds. The monoisotopic (exact) mass is 430 g/mol. The molecule has 0 saturated heterocycles. The van der Waals surface area contributed by atoms with E-state index in [2.05, 4.69) is 58.8 Å². The third-order valence-electron chi connectivity index (χ3n) is 5.27. The Morgan fingerprint density at radius 3 is 1.34 bits per heavy atom. The molecule has 0 spiro atoms. The highest BCUT2D eigenvalue weighted by molar-refractivity contribution is 5.97. The number of aryl methyl sites for hydroxylation is 4. The Balaban J connectivity index is 1.54. The van der Waals surface area contributed by atoms with Crippen LogP contribution in [0.1, 0.15) is 33.4 Å². The van der Waals surface area contributed by atoms with E-state index in [9.17, 15) is 0 Å². The van der Waals surface area contributed by atoms with Gasteiger partial charge >= 0.3 is 0 Å². The molecule has 0 atom stereocenters. The molecule has 6 nitrogen and oxygen atoms in total. The number of hydrogen-bond acceptors (Lipinski definition) is 4. The fourth-order valence-corrected chi connectivity index (χ4v) is 3.50. The van der Waals surface area contributed by atoms with Crippen molar-refractivity contribution in [2.24, 2.45) is 21.8 Å². The summed E-state index contributed by atoms with van der Waals surface area (Å²) >= 11 is 0. The molecule has 0 saturated carbocycles. The minimum Gasteiger partial charge on any atom is -0.397 e. The number of benzene rings is 3. The maximum atomic E-state index is 5.85. The predicted molar refractivity (Wildman–Crippen MR) is 130 cm³/mol. The van der Waals surface area contributed by atoms with E-state index in [0.29, 0.717) is 11.7 Å². The first kappa shape index (κ1) is 22.9. The minimum absolute atomic E-state index is 0.382. The summed E-state index contributed by atoms with van der Waals surface area (Å²) in [6, 6.07) is 25.1. The first-order chi connectivity index (χ1) is 15.6. The Labute approximate surface area is 189 Å². The van der Waals surface area contributed by atoms with Crippen LogP contribution in [0.25, 0.3) is 0 Å². The fraction of sp³-hybridized carbons (Fsp3) is 0.231. The van der Waals surface area contributed by atoms with Gasteiger partial charge in [-0.05, 0) is 47.9 Å². The van der Waals surface area contributed by atoms with Crippen LogP contribution in [0, 0.1) is 0 Å². The molecular weight excluding hydrogens is 400 g/mol. The van der Waals surface area contributed by atoms with Gasteiger partial charge in [0.2, 0.25) is 0 Å². The zero-order valence-electron chi connectivity index (χ0n) is 18.6. The number of amidine groups is 2. The van der Waals surface area contributed by atoms with Crippen molar-refractivity contribution in [2.75, 3.05) is 14.2 Å². The first-order valence-corrected chi connectivity index (χ1v) is 10.6. The highest BCUT2D eigenvalue weighted by Gasteiger charge is 2.03. The number of oxime groups is 2. The molecule has 0 heterocycles. The van der Waals surface area contributed by atoms with E-state index >= 15 is 0 Å². The third-order valence-corrected chi connectivity index (χ3v) is 5.27. The van der Waals surface area contributed by atoms with Gasteiger partial charge in [-0.25, -0.2) is 0 Å². The van der Waals surface area contributed by atoms with Gasteiger partial charge in [-0.1, -0.05) is 83.1 Å². The van der Waals surface area contributed by atoms with Gasteiger partial charge in [-0.15, -0.1) is 0 Å². The van der Waals surface area contributed by atoms with Gasteiger partial charge in [0.1, 0.15) is 14.2 Å². The van der Waals surface area contributed by atoms with Gasteiger partial charge in [0.25, 0.3) is 0 Å². The summed E-state index contributed by atoms with van der Waals surface area (Å²) in [6.07, 6.45) is 3.91. The quantitative estimate of drug-likeness (QED) is 0.291. The number of rotatable bonds is 10. The van der Waals surface area contributed by atoms with E-state index in [1.54, 1.807) is 0 Å². The molecular formula is C26H30N4O2. The zero-order chi connectivity index (χ0) is 22.8. The van der Waals surface area contributed by atoms with Gasteiger partial charge in [0.15, 0.2) is 11.7 Å². The fourth-order valence-electron chi connectivity index (χ4n) is 3.50. The average molecular weight is 431 g/mol. The van der Waals surface area contributed by atoms with Crippen molar-refractivity contribution in [1.82, 2.24) is 0 Å². The van der Waals surface area contributed by atoms with Crippen LogP contribution in [0.3, 0.4) is 0 Å². The van der Waals surface area contributed by atoms with Crippen LogP contribution in [0.4, 0.5) is 0 Å². The highest BCUT2D eigenvalue weighted by Crippen LogP contribution is 2.14. The highest BCUT2D eigenvalue weighted by atomic mass is 16.6. The van der Waals surface area contributed by atoms with E-state index in [4.69, 9.17) is 21.1 Å². The Morgan fingerprint density at radius 1 is 0.594 bits per heavy atom. The molecule has 0 aliphatic heterocycles. The zero-order valence-corrected chi connectivity index (χ0v) is 18.6. The van der Waals surface area contributed by atoms with Crippen molar-refractivity contribution < 1.29 is 9.68 Å². The van der Waals surface area contributed by atoms with E-state index in [1.165, 1.54) is 36.5 Å². The van der Waals surface area contributed by atoms with Crippen molar-refractivity contribution in [3.63, 3.8) is 0 Å². The number of nitrogens with zero attached hydrogens (tertiary/aromatic N) is 2. The molecule has 0 aliphatic rings. The second-order valence-corrected chi connectivity index (χ2v) is 7.53. The Morgan fingerprint density at radius 2 is 0.969 bits per heavy atom. The molecule has 0 fully saturated rings. The van der Waals surface area contributed by atoms with E-state index in [-0.39, 0.29) is 0 Å². The normalized spacial score (nSPS) is 11.9. The second-order valence-electron chi connectivity index (χ2n) is 7.53. The molecule has 4 N–H and O–H groups in total. The van der Waals surface area contributed by atoms with Crippen LogP contribution < -0.4 is 11.5 Å². The predicted octanol–water partition coefficient (Wildman–Crippen LogP) is 3.79. The van der Waals surface area contributed by atoms with E-state index < -0.39 is 0 Å². The summed E-state index contributed by atoms with van der Waals surface area (Å²) < 4.78 is 0. The van der Waals surface area contributed by atoms with Gasteiger partial charge in [-0.3, -0.25) is 0 Å². The van der Waals surface area contributed by atoms with Crippen LogP contribution in [0.15, 0.2) is 83.1 Å². The SMILES string of the molecule is CO/N=C(\N)c1ccc(CCc2cccc(CCc3ccc(/C(N)=N\OC)cc3)c2)cc1. The van der Waals surface area contributed by atoms with Crippen LogP contribution >= 0.6 is 0 Å². The van der Waals surface area contributed by atoms with Crippen molar-refractivity contribution >= 4 is 11.7 Å². The Hall–Kier alpha value is -3.80. The lowest BCUT2D eigenvalue weighted by molar-refractivity contribution is 0.213. The Kier molecular flexibility index (Phi) is 8.26. The van der Waals surface area contributed by atoms with Crippen LogP contribution in [0.2, 0.25) is 0 Å². The molecule has 3 aromatic carbocycles. The molecule has 0 bridgehead atoms. The molecule has 3 aromatic rings. The number of nitrogens with two attached hydrogens (primary N) is 2. The van der Waals surface area contributed by atoms with Crippen molar-refractivity contribution in [3.8, 4) is 0 Å². The summed E-state index contributed by atoms with van der Waals surface area (Å²) in [5, 5.41) is 7.53. The molecule has 32 heavy (non-hydrogen) atoms. The third kappa shape index (κ3) is 6.60. The van der Waals surface area contributed by atoms with Crippen LogP contribution in [0.5, 0.6) is 0 Å². The minimum atomic E-state index is 0.382. The molecule has 0 radical (unpaired) electrons. The molecule has 166 valence electrons. The average Bonchev–Trinajstić information content (AvgIpc) is 2.83. The molecule has 6 heteroatoms. The molecule has 3 rings (SSSR count). The molecule has 0 unspecified atom stereocenters. The van der Waals surface area contributed by atoms with E-state index in [1.807, 2.05) is 24.3 Å². The van der Waals surface area contributed by atoms with Crippen LogP contribution in [-0.4, -0.2) is 25.9 Å². The largest absolute Gasteiger partial charge is 0.397 e. The van der Waals surface area contributed by atoms with Gasteiger partial charge in [-0.2, -0.15) is 0 Å². The van der Waals surface area contributed by atoms with Crippen molar-refractivity contribution in [2.45, 2.75) is 25.7 Å². The van der Waals surface area contributed by atoms with Gasteiger partial charge in [0, 0.05) is 11.1 Å². The molecule has 0 aromatic heterocycles. The van der Waals surface area contributed by atoms with Crippen LogP contribution in [-0.2, 0) is 35.4 Å². The summed E-state index contributed by atoms with van der Waals surface area (Å²) in [5.74, 6) is 0.765. The lowest BCUT2D eigenvalue weighted by Crippen LogP contribution is -2.13. The van der Waals surface area contributed by atoms with Crippen molar-refractivity contribution in [3.05, 3.63) is 106 Å². The lowest BCUT2D eigenvalue weighted by Gasteiger charge is -2.08. The van der Waals surface area contributed by atoms with Crippen molar-refractivity contribution in [1.29, 1.82) is 0 Å². The topological polar surface area (TPSA) is 95.2 Å². The maximum Gasteiger partial charge on any atom is 0.170 e. The van der Waals surface area contributed by atoms with Gasteiger partial charge in [0.05, 0.1) is 0 Å². The van der Waals surface area contributed by atoms with E-state index in [0.717, 1.165) is 36.8 Å². The first-order valence-electron chi connectivity index (χ1n) is 10.6. The smallest absolute Gasteiger partial charge is 0.170 e. The Bertz CT molecular complexity index is 975. The van der Waals surface area contributed by atoms with Gasteiger partial charge < -0.3 is 21.1 Å². The number of hydrogen-bond donors (Lipinski definition) is 2.